The lowest BCUT2D eigenvalue weighted by atomic mass is 10.0. The highest BCUT2D eigenvalue weighted by Crippen LogP contribution is 2.37. The number of nitrogens with two attached hydrogens (primary N) is 1. The molecule has 19 heavy (non-hydrogen) atoms. The average Bonchev–Trinajstić information content (AvgIpc) is 3.14. The van der Waals surface area contributed by atoms with Crippen LogP contribution in [-0.4, -0.2) is 12.6 Å². The van der Waals surface area contributed by atoms with E-state index in [4.69, 9.17) is 5.73 Å². The van der Waals surface area contributed by atoms with Crippen molar-refractivity contribution in [2.24, 2.45) is 11.7 Å². The maximum absolute atomic E-state index is 14.3. The molecular weight excluding hydrogens is 239 g/mol. The third-order valence-corrected chi connectivity index (χ3v) is 3.73. The first kappa shape index (κ1) is 14.3. The van der Waals surface area contributed by atoms with Gasteiger partial charge in [-0.1, -0.05) is 26.0 Å². The fourth-order valence-corrected chi connectivity index (χ4v) is 2.46. The SMILES string of the molecule is CC(C)CCN(c1c(F)cccc1[C@@H](C)N)C1CC1. The van der Waals surface area contributed by atoms with E-state index in [1.54, 1.807) is 12.1 Å². The largest absolute Gasteiger partial charge is 0.366 e. The van der Waals surface area contributed by atoms with E-state index in [9.17, 15) is 4.39 Å². The van der Waals surface area contributed by atoms with Crippen LogP contribution in [0, 0.1) is 11.7 Å². The van der Waals surface area contributed by atoms with Gasteiger partial charge in [0, 0.05) is 18.6 Å². The second-order valence-corrected chi connectivity index (χ2v) is 6.07. The number of hydrogen-bond donors (Lipinski definition) is 1. The molecule has 2 nitrogen and oxygen atoms in total. The number of anilines is 1. The Labute approximate surface area is 115 Å². The Balaban J connectivity index is 2.30. The van der Waals surface area contributed by atoms with Crippen LogP contribution in [0.1, 0.15) is 51.6 Å². The van der Waals surface area contributed by atoms with Gasteiger partial charge in [-0.2, -0.15) is 0 Å². The molecule has 2 rings (SSSR count). The van der Waals surface area contributed by atoms with Crippen LogP contribution in [0.15, 0.2) is 18.2 Å². The molecule has 1 fully saturated rings. The van der Waals surface area contributed by atoms with Crippen molar-refractivity contribution >= 4 is 5.69 Å². The van der Waals surface area contributed by atoms with Crippen LogP contribution in [-0.2, 0) is 0 Å². The summed E-state index contributed by atoms with van der Waals surface area (Å²) in [6.07, 6.45) is 3.43. The molecule has 0 saturated heterocycles. The number of rotatable bonds is 6. The third-order valence-electron chi connectivity index (χ3n) is 3.73. The Hall–Kier alpha value is -1.09. The van der Waals surface area contributed by atoms with Gasteiger partial charge in [0.25, 0.3) is 0 Å². The smallest absolute Gasteiger partial charge is 0.146 e. The Morgan fingerprint density at radius 2 is 2.00 bits per heavy atom. The maximum Gasteiger partial charge on any atom is 0.146 e. The summed E-state index contributed by atoms with van der Waals surface area (Å²) in [5.41, 5.74) is 7.67. The Morgan fingerprint density at radius 1 is 1.32 bits per heavy atom. The van der Waals surface area contributed by atoms with Crippen molar-refractivity contribution in [2.45, 2.75) is 52.1 Å². The molecule has 1 aliphatic rings. The van der Waals surface area contributed by atoms with Gasteiger partial charge in [0.1, 0.15) is 5.82 Å². The predicted molar refractivity (Wildman–Crippen MR) is 78.8 cm³/mol. The van der Waals surface area contributed by atoms with Crippen LogP contribution < -0.4 is 10.6 Å². The van der Waals surface area contributed by atoms with Gasteiger partial charge in [-0.05, 0) is 43.7 Å². The quantitative estimate of drug-likeness (QED) is 0.845. The highest BCUT2D eigenvalue weighted by Gasteiger charge is 2.32. The summed E-state index contributed by atoms with van der Waals surface area (Å²) in [5.74, 6) is 0.497. The molecular formula is C16H25FN2. The molecule has 1 aliphatic carbocycles. The molecule has 0 radical (unpaired) electrons. The summed E-state index contributed by atoms with van der Waals surface area (Å²) < 4.78 is 14.3. The summed E-state index contributed by atoms with van der Waals surface area (Å²) in [4.78, 5) is 2.24. The minimum Gasteiger partial charge on any atom is -0.366 e. The molecule has 2 N–H and O–H groups in total. The summed E-state index contributed by atoms with van der Waals surface area (Å²) in [6, 6.07) is 5.63. The van der Waals surface area contributed by atoms with E-state index in [1.807, 2.05) is 13.0 Å². The van der Waals surface area contributed by atoms with E-state index in [0.29, 0.717) is 12.0 Å². The second kappa shape index (κ2) is 5.91. The number of para-hydroxylation sites is 1. The highest BCUT2D eigenvalue weighted by atomic mass is 19.1. The molecule has 0 bridgehead atoms. The molecule has 0 heterocycles. The van der Waals surface area contributed by atoms with E-state index < -0.39 is 0 Å². The number of benzene rings is 1. The number of hydrogen-bond acceptors (Lipinski definition) is 2. The van der Waals surface area contributed by atoms with Crippen molar-refractivity contribution in [3.8, 4) is 0 Å². The molecule has 0 unspecified atom stereocenters. The van der Waals surface area contributed by atoms with Gasteiger partial charge in [-0.25, -0.2) is 4.39 Å². The van der Waals surface area contributed by atoms with Gasteiger partial charge in [0.05, 0.1) is 5.69 Å². The van der Waals surface area contributed by atoms with Gasteiger partial charge in [-0.3, -0.25) is 0 Å². The fraction of sp³-hybridized carbons (Fsp3) is 0.625. The highest BCUT2D eigenvalue weighted by molar-refractivity contribution is 5.57. The third kappa shape index (κ3) is 3.47. The van der Waals surface area contributed by atoms with Gasteiger partial charge < -0.3 is 10.6 Å². The van der Waals surface area contributed by atoms with Gasteiger partial charge in [-0.15, -0.1) is 0 Å². The topological polar surface area (TPSA) is 29.3 Å². The number of halogens is 1. The normalized spacial score (nSPS) is 16.7. The van der Waals surface area contributed by atoms with Crippen molar-refractivity contribution in [3.05, 3.63) is 29.6 Å². The van der Waals surface area contributed by atoms with Crippen LogP contribution >= 0.6 is 0 Å². The summed E-state index contributed by atoms with van der Waals surface area (Å²) >= 11 is 0. The van der Waals surface area contributed by atoms with Crippen LogP contribution in [0.4, 0.5) is 10.1 Å². The van der Waals surface area contributed by atoms with Crippen molar-refractivity contribution in [1.29, 1.82) is 0 Å². The predicted octanol–water partition coefficient (Wildman–Crippen LogP) is 3.86. The zero-order valence-electron chi connectivity index (χ0n) is 12.2. The van der Waals surface area contributed by atoms with Gasteiger partial charge in [0.15, 0.2) is 0 Å². The maximum atomic E-state index is 14.3. The molecule has 0 amide bonds. The fourth-order valence-electron chi connectivity index (χ4n) is 2.46. The standard InChI is InChI=1S/C16H25FN2/c1-11(2)9-10-19(13-7-8-13)16-14(12(3)18)5-4-6-15(16)17/h4-6,11-13H,7-10,18H2,1-3H3/t12-/m1/s1. The lowest BCUT2D eigenvalue weighted by Gasteiger charge is -2.29. The molecule has 106 valence electrons. The Morgan fingerprint density at radius 3 is 2.53 bits per heavy atom. The van der Waals surface area contributed by atoms with Gasteiger partial charge >= 0.3 is 0 Å². The van der Waals surface area contributed by atoms with E-state index >= 15 is 0 Å². The molecule has 1 atom stereocenters. The molecule has 1 aromatic carbocycles. The summed E-state index contributed by atoms with van der Waals surface area (Å²) in [5, 5.41) is 0. The zero-order chi connectivity index (χ0) is 14.0. The molecule has 0 spiro atoms. The minimum absolute atomic E-state index is 0.133. The Bertz CT molecular complexity index is 425. The van der Waals surface area contributed by atoms with Crippen molar-refractivity contribution in [1.82, 2.24) is 0 Å². The van der Waals surface area contributed by atoms with Crippen LogP contribution in [0.5, 0.6) is 0 Å². The van der Waals surface area contributed by atoms with E-state index in [-0.39, 0.29) is 11.9 Å². The molecule has 0 aliphatic heterocycles. The first-order valence-electron chi connectivity index (χ1n) is 7.31. The van der Waals surface area contributed by atoms with Crippen molar-refractivity contribution in [3.63, 3.8) is 0 Å². The van der Waals surface area contributed by atoms with E-state index in [1.165, 1.54) is 12.8 Å². The monoisotopic (exact) mass is 264 g/mol. The summed E-state index contributed by atoms with van der Waals surface area (Å²) in [7, 11) is 0. The van der Waals surface area contributed by atoms with Crippen LogP contribution in [0.3, 0.4) is 0 Å². The number of nitrogens with zero attached hydrogens (tertiary/aromatic N) is 1. The first-order chi connectivity index (χ1) is 9.00. The molecule has 1 aromatic rings. The summed E-state index contributed by atoms with van der Waals surface area (Å²) in [6.45, 7) is 7.26. The van der Waals surface area contributed by atoms with Crippen LogP contribution in [0.2, 0.25) is 0 Å². The zero-order valence-corrected chi connectivity index (χ0v) is 12.2. The van der Waals surface area contributed by atoms with Crippen LogP contribution in [0.25, 0.3) is 0 Å². The van der Waals surface area contributed by atoms with Crippen molar-refractivity contribution in [2.75, 3.05) is 11.4 Å². The average molecular weight is 264 g/mol. The first-order valence-corrected chi connectivity index (χ1v) is 7.31. The van der Waals surface area contributed by atoms with E-state index in [0.717, 1.165) is 24.2 Å². The molecule has 1 saturated carbocycles. The molecule has 3 heteroatoms. The minimum atomic E-state index is -0.134. The Kier molecular flexibility index (Phi) is 4.46. The lowest BCUT2D eigenvalue weighted by molar-refractivity contribution is 0.555. The van der Waals surface area contributed by atoms with Crippen molar-refractivity contribution < 1.29 is 4.39 Å². The van der Waals surface area contributed by atoms with Gasteiger partial charge in [0.2, 0.25) is 0 Å². The second-order valence-electron chi connectivity index (χ2n) is 6.07. The molecule has 0 aromatic heterocycles. The van der Waals surface area contributed by atoms with E-state index in [2.05, 4.69) is 18.7 Å². The lowest BCUT2D eigenvalue weighted by Crippen LogP contribution is -2.30.